The molecule has 2 N–H and O–H groups in total. The molecular weight excluding hydrogens is 273 g/mol. The van der Waals surface area contributed by atoms with Crippen molar-refractivity contribution in [2.24, 2.45) is 5.92 Å². The highest BCUT2D eigenvalue weighted by atomic mass is 19.1. The molecule has 0 unspecified atom stereocenters. The number of carbonyl (C=O) groups excluding carboxylic acids is 1. The van der Waals surface area contributed by atoms with Gasteiger partial charge in [0.25, 0.3) is 0 Å². The molecule has 0 bridgehead atoms. The van der Waals surface area contributed by atoms with Crippen LogP contribution in [0.1, 0.15) is 44.1 Å². The van der Waals surface area contributed by atoms with Gasteiger partial charge in [0.15, 0.2) is 0 Å². The van der Waals surface area contributed by atoms with Gasteiger partial charge in [-0.25, -0.2) is 4.39 Å². The zero-order valence-electron chi connectivity index (χ0n) is 11.9. The molecular formula is C16H20FNO3. The second-order valence-electron chi connectivity index (χ2n) is 5.61. The van der Waals surface area contributed by atoms with E-state index in [1.165, 1.54) is 43.9 Å². The molecule has 1 fully saturated rings. The van der Waals surface area contributed by atoms with E-state index >= 15 is 0 Å². The molecule has 2 rings (SSSR count). The fourth-order valence-electron chi connectivity index (χ4n) is 2.79. The predicted octanol–water partition coefficient (Wildman–Crippen LogP) is 3.36. The highest BCUT2D eigenvalue weighted by Gasteiger charge is 2.16. The van der Waals surface area contributed by atoms with Crippen LogP contribution in [0.4, 0.5) is 10.1 Å². The maximum Gasteiger partial charge on any atom is 0.307 e. The molecule has 21 heavy (non-hydrogen) atoms. The van der Waals surface area contributed by atoms with E-state index in [2.05, 4.69) is 5.32 Å². The van der Waals surface area contributed by atoms with Crippen LogP contribution in [-0.4, -0.2) is 17.0 Å². The molecule has 0 aromatic heterocycles. The van der Waals surface area contributed by atoms with Gasteiger partial charge < -0.3 is 10.4 Å². The largest absolute Gasteiger partial charge is 0.481 e. The van der Waals surface area contributed by atoms with Gasteiger partial charge in [0.2, 0.25) is 5.91 Å². The summed E-state index contributed by atoms with van der Waals surface area (Å²) < 4.78 is 13.7. The number of carbonyl (C=O) groups is 2. The molecule has 4 nitrogen and oxygen atoms in total. The Morgan fingerprint density at radius 2 is 2.00 bits per heavy atom. The molecule has 1 aromatic rings. The van der Waals surface area contributed by atoms with E-state index in [-0.39, 0.29) is 17.9 Å². The summed E-state index contributed by atoms with van der Waals surface area (Å²) in [5.74, 6) is -1.16. The lowest BCUT2D eigenvalue weighted by molar-refractivity contribution is -0.136. The van der Waals surface area contributed by atoms with Crippen molar-refractivity contribution in [3.63, 3.8) is 0 Å². The zero-order chi connectivity index (χ0) is 15.2. The van der Waals surface area contributed by atoms with Gasteiger partial charge in [-0.2, -0.15) is 0 Å². The van der Waals surface area contributed by atoms with E-state index in [0.717, 1.165) is 6.42 Å². The Morgan fingerprint density at radius 1 is 1.29 bits per heavy atom. The number of aliphatic carboxylic acids is 1. The van der Waals surface area contributed by atoms with Crippen LogP contribution in [0.2, 0.25) is 0 Å². The Kier molecular flexibility index (Phi) is 5.31. The van der Waals surface area contributed by atoms with Gasteiger partial charge in [-0.1, -0.05) is 31.7 Å². The van der Waals surface area contributed by atoms with Gasteiger partial charge >= 0.3 is 5.97 Å². The molecule has 0 radical (unpaired) electrons. The first kappa shape index (κ1) is 15.5. The van der Waals surface area contributed by atoms with Crippen LogP contribution in [0.5, 0.6) is 0 Å². The SMILES string of the molecule is O=C(O)Cc1ccc(NC(=O)CCC2CCCC2)cc1F. The number of nitrogens with one attached hydrogen (secondary N) is 1. The first-order chi connectivity index (χ1) is 10.0. The smallest absolute Gasteiger partial charge is 0.307 e. The Balaban J connectivity index is 1.85. The molecule has 1 aromatic carbocycles. The van der Waals surface area contributed by atoms with Gasteiger partial charge in [-0.15, -0.1) is 0 Å². The van der Waals surface area contributed by atoms with Crippen molar-refractivity contribution in [1.82, 2.24) is 0 Å². The molecule has 5 heteroatoms. The predicted molar refractivity (Wildman–Crippen MR) is 77.6 cm³/mol. The first-order valence-corrected chi connectivity index (χ1v) is 7.34. The fraction of sp³-hybridized carbons (Fsp3) is 0.500. The van der Waals surface area contributed by atoms with Crippen LogP contribution in [-0.2, 0) is 16.0 Å². The zero-order valence-corrected chi connectivity index (χ0v) is 11.9. The van der Waals surface area contributed by atoms with Crippen LogP contribution in [0.25, 0.3) is 0 Å². The van der Waals surface area contributed by atoms with Gasteiger partial charge in [0, 0.05) is 12.1 Å². The van der Waals surface area contributed by atoms with Crippen molar-refractivity contribution in [3.8, 4) is 0 Å². The van der Waals surface area contributed by atoms with Crippen LogP contribution in [0.3, 0.4) is 0 Å². The summed E-state index contributed by atoms with van der Waals surface area (Å²) in [6, 6.07) is 4.11. The number of halogens is 1. The van der Waals surface area contributed by atoms with Gasteiger partial charge in [0.1, 0.15) is 5.82 Å². The Hall–Kier alpha value is -1.91. The number of hydrogen-bond donors (Lipinski definition) is 2. The van der Waals surface area contributed by atoms with Crippen LogP contribution < -0.4 is 5.32 Å². The maximum absolute atomic E-state index is 13.7. The van der Waals surface area contributed by atoms with Gasteiger partial charge in [0.05, 0.1) is 6.42 Å². The average Bonchev–Trinajstić information content (AvgIpc) is 2.92. The quantitative estimate of drug-likeness (QED) is 0.845. The third kappa shape index (κ3) is 4.85. The molecule has 0 atom stereocenters. The molecule has 1 saturated carbocycles. The number of carboxylic acid groups (broad SMARTS) is 1. The summed E-state index contributed by atoms with van der Waals surface area (Å²) in [4.78, 5) is 22.4. The molecule has 0 spiro atoms. The summed E-state index contributed by atoms with van der Waals surface area (Å²) in [5, 5.41) is 11.3. The first-order valence-electron chi connectivity index (χ1n) is 7.34. The van der Waals surface area contributed by atoms with Crippen molar-refractivity contribution in [3.05, 3.63) is 29.6 Å². The van der Waals surface area contributed by atoms with Crippen molar-refractivity contribution in [2.45, 2.75) is 44.9 Å². The minimum atomic E-state index is -1.08. The number of anilines is 1. The van der Waals surface area contributed by atoms with Crippen molar-refractivity contribution in [1.29, 1.82) is 0 Å². The highest BCUT2D eigenvalue weighted by molar-refractivity contribution is 5.90. The summed E-state index contributed by atoms with van der Waals surface area (Å²) in [5.41, 5.74) is 0.490. The number of amides is 1. The summed E-state index contributed by atoms with van der Waals surface area (Å²) in [6.07, 6.45) is 5.87. The molecule has 1 aliphatic carbocycles. The normalized spacial score (nSPS) is 15.1. The van der Waals surface area contributed by atoms with E-state index in [1.54, 1.807) is 0 Å². The van der Waals surface area contributed by atoms with Gasteiger partial charge in [-0.3, -0.25) is 9.59 Å². The average molecular weight is 293 g/mol. The Morgan fingerprint density at radius 3 is 2.62 bits per heavy atom. The van der Waals surface area contributed by atoms with Crippen molar-refractivity contribution >= 4 is 17.6 Å². The molecule has 1 amide bonds. The van der Waals surface area contributed by atoms with Crippen LogP contribution >= 0.6 is 0 Å². The van der Waals surface area contributed by atoms with E-state index in [1.807, 2.05) is 0 Å². The number of rotatable bonds is 6. The van der Waals surface area contributed by atoms with Crippen molar-refractivity contribution in [2.75, 3.05) is 5.32 Å². The molecule has 0 saturated heterocycles. The third-order valence-corrected chi connectivity index (χ3v) is 3.93. The lowest BCUT2D eigenvalue weighted by atomic mass is 10.0. The van der Waals surface area contributed by atoms with E-state index in [9.17, 15) is 14.0 Å². The maximum atomic E-state index is 13.7. The second-order valence-corrected chi connectivity index (χ2v) is 5.61. The summed E-state index contributed by atoms with van der Waals surface area (Å²) >= 11 is 0. The number of carboxylic acids is 1. The van der Waals surface area contributed by atoms with Crippen LogP contribution in [0, 0.1) is 11.7 Å². The standard InChI is InChI=1S/C16H20FNO3/c17-14-10-13(7-6-12(14)9-16(20)21)18-15(19)8-5-11-3-1-2-4-11/h6-7,10-11H,1-5,8-9H2,(H,18,19)(H,20,21). The Labute approximate surface area is 123 Å². The van der Waals surface area contributed by atoms with E-state index in [0.29, 0.717) is 18.0 Å². The van der Waals surface area contributed by atoms with Crippen molar-refractivity contribution < 1.29 is 19.1 Å². The van der Waals surface area contributed by atoms with E-state index in [4.69, 9.17) is 5.11 Å². The topological polar surface area (TPSA) is 66.4 Å². The second kappa shape index (κ2) is 7.20. The van der Waals surface area contributed by atoms with Crippen LogP contribution in [0.15, 0.2) is 18.2 Å². The monoisotopic (exact) mass is 293 g/mol. The molecule has 114 valence electrons. The lowest BCUT2D eigenvalue weighted by Crippen LogP contribution is -2.13. The fourth-order valence-corrected chi connectivity index (χ4v) is 2.79. The molecule has 1 aliphatic rings. The summed E-state index contributed by atoms with van der Waals surface area (Å²) in [6.45, 7) is 0. The summed E-state index contributed by atoms with van der Waals surface area (Å²) in [7, 11) is 0. The minimum absolute atomic E-state index is 0.117. The number of benzene rings is 1. The number of hydrogen-bond acceptors (Lipinski definition) is 2. The third-order valence-electron chi connectivity index (χ3n) is 3.93. The lowest BCUT2D eigenvalue weighted by Gasteiger charge is -2.10. The van der Waals surface area contributed by atoms with E-state index < -0.39 is 11.8 Å². The van der Waals surface area contributed by atoms with Gasteiger partial charge in [-0.05, 0) is 30.0 Å². The molecule has 0 aliphatic heterocycles. The Bertz CT molecular complexity index is 524. The highest BCUT2D eigenvalue weighted by Crippen LogP contribution is 2.28. The minimum Gasteiger partial charge on any atom is -0.481 e. The molecule has 0 heterocycles.